The second kappa shape index (κ2) is 9.45. The number of benzene rings is 2. The maximum Gasteiger partial charge on any atom is 0.354 e. The van der Waals surface area contributed by atoms with Crippen molar-refractivity contribution in [2.24, 2.45) is 0 Å². The van der Waals surface area contributed by atoms with E-state index >= 15 is 0 Å². The SMILES string of the molecule is O=C(O)c1cccc(C2=C(c3cc(Cl)c(Cl)cc3OCc3c(F)cc(F)cc3F)CCC2)n1. The van der Waals surface area contributed by atoms with Crippen LogP contribution in [0.2, 0.25) is 10.0 Å². The quantitative estimate of drug-likeness (QED) is 0.395. The molecule has 0 fully saturated rings. The predicted molar refractivity (Wildman–Crippen MR) is 119 cm³/mol. The number of ether oxygens (including phenoxy) is 1. The van der Waals surface area contributed by atoms with Crippen molar-refractivity contribution in [3.8, 4) is 5.75 Å². The zero-order valence-electron chi connectivity index (χ0n) is 17.0. The lowest BCUT2D eigenvalue weighted by Crippen LogP contribution is -2.05. The lowest BCUT2D eigenvalue weighted by atomic mass is 9.98. The molecule has 1 aromatic heterocycles. The van der Waals surface area contributed by atoms with Crippen LogP contribution in [-0.2, 0) is 6.61 Å². The fourth-order valence-corrected chi connectivity index (χ4v) is 4.11. The highest BCUT2D eigenvalue weighted by Crippen LogP contribution is 2.44. The maximum absolute atomic E-state index is 14.1. The van der Waals surface area contributed by atoms with Crippen molar-refractivity contribution in [1.82, 2.24) is 4.98 Å². The number of nitrogens with zero attached hydrogens (tertiary/aromatic N) is 1. The number of carbonyl (C=O) groups is 1. The molecule has 0 radical (unpaired) electrons. The molecule has 0 unspecified atom stereocenters. The Hall–Kier alpha value is -3.03. The molecule has 0 saturated heterocycles. The molecule has 4 nitrogen and oxygen atoms in total. The Kier molecular flexibility index (Phi) is 6.63. The van der Waals surface area contributed by atoms with Gasteiger partial charge in [-0.25, -0.2) is 22.9 Å². The van der Waals surface area contributed by atoms with Crippen molar-refractivity contribution < 1.29 is 27.8 Å². The zero-order chi connectivity index (χ0) is 23.7. The highest BCUT2D eigenvalue weighted by atomic mass is 35.5. The summed E-state index contributed by atoms with van der Waals surface area (Å²) in [5, 5.41) is 9.71. The lowest BCUT2D eigenvalue weighted by Gasteiger charge is -2.16. The van der Waals surface area contributed by atoms with Crippen molar-refractivity contribution >= 4 is 40.3 Å². The summed E-state index contributed by atoms with van der Waals surface area (Å²) in [7, 11) is 0. The number of carboxylic acid groups (broad SMARTS) is 1. The van der Waals surface area contributed by atoms with Gasteiger partial charge in [-0.15, -0.1) is 0 Å². The Balaban J connectivity index is 1.76. The molecule has 33 heavy (non-hydrogen) atoms. The van der Waals surface area contributed by atoms with Crippen LogP contribution < -0.4 is 4.74 Å². The normalized spacial score (nSPS) is 13.5. The fourth-order valence-electron chi connectivity index (χ4n) is 3.79. The number of aromatic carboxylic acids is 1. The van der Waals surface area contributed by atoms with Crippen LogP contribution in [0.5, 0.6) is 5.75 Å². The molecule has 0 bridgehead atoms. The number of aromatic nitrogens is 1. The molecule has 1 aliphatic carbocycles. The second-order valence-corrected chi connectivity index (χ2v) is 8.24. The second-order valence-electron chi connectivity index (χ2n) is 7.42. The first kappa shape index (κ1) is 23.1. The van der Waals surface area contributed by atoms with Crippen molar-refractivity contribution in [2.45, 2.75) is 25.9 Å². The van der Waals surface area contributed by atoms with Gasteiger partial charge in [-0.1, -0.05) is 29.3 Å². The largest absolute Gasteiger partial charge is 0.488 e. The van der Waals surface area contributed by atoms with Crippen molar-refractivity contribution in [3.63, 3.8) is 0 Å². The Morgan fingerprint density at radius 2 is 1.67 bits per heavy atom. The van der Waals surface area contributed by atoms with Crippen molar-refractivity contribution in [2.75, 3.05) is 0 Å². The summed E-state index contributed by atoms with van der Waals surface area (Å²) in [5.74, 6) is -4.06. The topological polar surface area (TPSA) is 59.4 Å². The monoisotopic (exact) mass is 493 g/mol. The number of rotatable bonds is 6. The van der Waals surface area contributed by atoms with Gasteiger partial charge in [0.25, 0.3) is 0 Å². The van der Waals surface area contributed by atoms with Gasteiger partial charge < -0.3 is 9.84 Å². The van der Waals surface area contributed by atoms with E-state index in [9.17, 15) is 23.1 Å². The van der Waals surface area contributed by atoms with Gasteiger partial charge in [-0.2, -0.15) is 0 Å². The van der Waals surface area contributed by atoms with E-state index in [0.717, 1.165) is 17.6 Å². The molecule has 0 amide bonds. The Labute approximate surface area is 197 Å². The molecular weight excluding hydrogens is 478 g/mol. The average Bonchev–Trinajstić information content (AvgIpc) is 3.25. The van der Waals surface area contributed by atoms with E-state index < -0.39 is 35.6 Å². The minimum absolute atomic E-state index is 0.0841. The maximum atomic E-state index is 14.1. The van der Waals surface area contributed by atoms with Crippen LogP contribution in [0.3, 0.4) is 0 Å². The van der Waals surface area contributed by atoms with Crippen LogP contribution in [0, 0.1) is 17.5 Å². The van der Waals surface area contributed by atoms with Gasteiger partial charge in [-0.05, 0) is 48.6 Å². The molecule has 1 aliphatic rings. The average molecular weight is 494 g/mol. The first-order chi connectivity index (χ1) is 15.7. The molecule has 0 saturated carbocycles. The fraction of sp³-hybridized carbons (Fsp3) is 0.167. The van der Waals surface area contributed by atoms with Gasteiger partial charge in [0.2, 0.25) is 0 Å². The summed E-state index contributed by atoms with van der Waals surface area (Å²) in [6.45, 7) is -0.502. The van der Waals surface area contributed by atoms with Crippen LogP contribution in [0.25, 0.3) is 11.1 Å². The molecule has 2 aromatic carbocycles. The number of allylic oxidation sites excluding steroid dienone is 2. The van der Waals surface area contributed by atoms with Crippen LogP contribution >= 0.6 is 23.2 Å². The van der Waals surface area contributed by atoms with E-state index in [1.807, 2.05) is 0 Å². The highest BCUT2D eigenvalue weighted by Gasteiger charge is 2.24. The number of hydrogen-bond donors (Lipinski definition) is 1. The number of hydrogen-bond acceptors (Lipinski definition) is 3. The van der Waals surface area contributed by atoms with Gasteiger partial charge in [-0.3, -0.25) is 0 Å². The molecule has 3 aromatic rings. The molecule has 9 heteroatoms. The third kappa shape index (κ3) is 4.84. The summed E-state index contributed by atoms with van der Waals surface area (Å²) in [5.41, 5.74) is 2.19. The summed E-state index contributed by atoms with van der Waals surface area (Å²) in [6, 6.07) is 8.93. The van der Waals surface area contributed by atoms with Crippen LogP contribution in [0.4, 0.5) is 13.2 Å². The predicted octanol–water partition coefficient (Wildman–Crippen LogP) is 7.18. The number of pyridine rings is 1. The standard InChI is InChI=1S/C24H16Cl2F3NO3/c25-17-9-15(13-3-1-4-14(13)21-5-2-6-22(30-21)24(31)32)23(10-18(17)26)33-11-16-19(28)7-12(27)8-20(16)29/h2,5-10H,1,3-4,11H2,(H,31,32). The molecule has 170 valence electrons. The smallest absolute Gasteiger partial charge is 0.354 e. The molecule has 0 aliphatic heterocycles. The van der Waals surface area contributed by atoms with E-state index in [4.69, 9.17) is 27.9 Å². The Bertz CT molecular complexity index is 1270. The highest BCUT2D eigenvalue weighted by molar-refractivity contribution is 6.42. The van der Waals surface area contributed by atoms with Crippen molar-refractivity contribution in [1.29, 1.82) is 0 Å². The number of halogens is 5. The third-order valence-electron chi connectivity index (χ3n) is 5.32. The summed E-state index contributed by atoms with van der Waals surface area (Å²) >= 11 is 12.4. The van der Waals surface area contributed by atoms with Crippen LogP contribution in [0.15, 0.2) is 42.5 Å². The number of carboxylic acids is 1. The minimum atomic E-state index is -1.14. The van der Waals surface area contributed by atoms with E-state index in [0.29, 0.717) is 36.2 Å². The summed E-state index contributed by atoms with van der Waals surface area (Å²) < 4.78 is 47.1. The van der Waals surface area contributed by atoms with Crippen LogP contribution in [0.1, 0.15) is 46.6 Å². The van der Waals surface area contributed by atoms with E-state index in [2.05, 4.69) is 4.98 Å². The minimum Gasteiger partial charge on any atom is -0.488 e. The van der Waals surface area contributed by atoms with Crippen molar-refractivity contribution in [3.05, 3.63) is 92.5 Å². The lowest BCUT2D eigenvalue weighted by molar-refractivity contribution is 0.0690. The zero-order valence-corrected chi connectivity index (χ0v) is 18.5. The summed E-state index contributed by atoms with van der Waals surface area (Å²) in [6.07, 6.45) is 2.05. The molecule has 4 rings (SSSR count). The van der Waals surface area contributed by atoms with Gasteiger partial charge >= 0.3 is 5.97 Å². The van der Waals surface area contributed by atoms with E-state index in [1.165, 1.54) is 12.1 Å². The first-order valence-electron chi connectivity index (χ1n) is 9.93. The molecule has 0 spiro atoms. The van der Waals surface area contributed by atoms with Gasteiger partial charge in [0.15, 0.2) is 0 Å². The Morgan fingerprint density at radius 3 is 2.36 bits per heavy atom. The van der Waals surface area contributed by atoms with Gasteiger partial charge in [0.05, 0.1) is 21.3 Å². The molecule has 1 heterocycles. The van der Waals surface area contributed by atoms with Gasteiger partial charge in [0, 0.05) is 23.8 Å². The van der Waals surface area contributed by atoms with E-state index in [1.54, 1.807) is 18.2 Å². The first-order valence-corrected chi connectivity index (χ1v) is 10.7. The Morgan fingerprint density at radius 1 is 1.00 bits per heavy atom. The molecule has 0 atom stereocenters. The summed E-state index contributed by atoms with van der Waals surface area (Å²) in [4.78, 5) is 15.6. The van der Waals surface area contributed by atoms with Crippen LogP contribution in [-0.4, -0.2) is 16.1 Å². The van der Waals surface area contributed by atoms with Gasteiger partial charge in [0.1, 0.15) is 35.5 Å². The molecule has 1 N–H and O–H groups in total. The third-order valence-corrected chi connectivity index (χ3v) is 6.04. The molecular formula is C24H16Cl2F3NO3. The van der Waals surface area contributed by atoms with E-state index in [-0.39, 0.29) is 21.5 Å².